The second-order valence-electron chi connectivity index (χ2n) is 3.10. The minimum absolute atomic E-state index is 0.106. The topological polar surface area (TPSA) is 29.1 Å². The first-order valence-electron chi connectivity index (χ1n) is 4.30. The highest BCUT2D eigenvalue weighted by atomic mass is 19.4. The monoisotopic (exact) mass is 217 g/mol. The zero-order valence-electron chi connectivity index (χ0n) is 8.06. The molecule has 0 amide bonds. The Morgan fingerprint density at radius 3 is 2.20 bits per heavy atom. The summed E-state index contributed by atoms with van der Waals surface area (Å²) in [7, 11) is 0. The fourth-order valence-electron chi connectivity index (χ4n) is 1.06. The molecule has 1 aromatic rings. The number of rotatable bonds is 3. The lowest BCUT2D eigenvalue weighted by Crippen LogP contribution is -2.30. The Hall–Kier alpha value is -1.36. The van der Waals surface area contributed by atoms with E-state index in [1.807, 2.05) is 0 Å². The lowest BCUT2D eigenvalue weighted by molar-refractivity contribution is -0.158. The standard InChI is InChI=1S/C10H10F3NO/c1-7(15)9-4-2-8(3-5-9)6-14-10(11,12)13/h2-5,14H,6H2,1H3. The quantitative estimate of drug-likeness (QED) is 0.622. The first-order chi connectivity index (χ1) is 6.88. The third-order valence-electron chi connectivity index (χ3n) is 1.85. The fraction of sp³-hybridized carbons (Fsp3) is 0.300. The molecule has 0 bridgehead atoms. The molecule has 0 aliphatic carbocycles. The van der Waals surface area contributed by atoms with Gasteiger partial charge >= 0.3 is 6.30 Å². The Balaban J connectivity index is 2.61. The summed E-state index contributed by atoms with van der Waals surface area (Å²) in [6.45, 7) is 1.12. The van der Waals surface area contributed by atoms with Gasteiger partial charge < -0.3 is 0 Å². The van der Waals surface area contributed by atoms with Crippen LogP contribution in [0, 0.1) is 0 Å². The van der Waals surface area contributed by atoms with E-state index < -0.39 is 6.30 Å². The molecule has 0 radical (unpaired) electrons. The van der Waals surface area contributed by atoms with Crippen molar-refractivity contribution in [3.63, 3.8) is 0 Å². The number of ketones is 1. The smallest absolute Gasteiger partial charge is 0.295 e. The number of hydrogen-bond donors (Lipinski definition) is 1. The third-order valence-corrected chi connectivity index (χ3v) is 1.85. The Morgan fingerprint density at radius 2 is 1.80 bits per heavy atom. The molecule has 1 rings (SSSR count). The molecule has 1 N–H and O–H groups in total. The first-order valence-corrected chi connectivity index (χ1v) is 4.30. The van der Waals surface area contributed by atoms with Gasteiger partial charge in [0, 0.05) is 12.1 Å². The Bertz CT molecular complexity index is 343. The van der Waals surface area contributed by atoms with Crippen LogP contribution in [0.4, 0.5) is 13.2 Å². The van der Waals surface area contributed by atoms with Crippen LogP contribution in [-0.4, -0.2) is 12.1 Å². The van der Waals surface area contributed by atoms with Crippen molar-refractivity contribution in [2.45, 2.75) is 19.8 Å². The zero-order valence-corrected chi connectivity index (χ0v) is 8.06. The van der Waals surface area contributed by atoms with E-state index in [1.165, 1.54) is 36.5 Å². The van der Waals surface area contributed by atoms with Crippen LogP contribution in [0.2, 0.25) is 0 Å². The number of carbonyl (C=O) groups is 1. The molecule has 0 aliphatic heterocycles. The van der Waals surface area contributed by atoms with E-state index in [9.17, 15) is 18.0 Å². The highest BCUT2D eigenvalue weighted by Gasteiger charge is 2.25. The molecule has 0 saturated heterocycles. The number of carbonyl (C=O) groups excluding carboxylic acids is 1. The summed E-state index contributed by atoms with van der Waals surface area (Å²) >= 11 is 0. The summed E-state index contributed by atoms with van der Waals surface area (Å²) < 4.78 is 35.4. The highest BCUT2D eigenvalue weighted by Crippen LogP contribution is 2.12. The second kappa shape index (κ2) is 4.44. The van der Waals surface area contributed by atoms with E-state index in [0.717, 1.165) is 0 Å². The van der Waals surface area contributed by atoms with E-state index in [4.69, 9.17) is 0 Å². The SMILES string of the molecule is CC(=O)c1ccc(CNC(F)(F)F)cc1. The first kappa shape index (κ1) is 11.7. The molecule has 0 heterocycles. The van der Waals surface area contributed by atoms with Gasteiger partial charge in [-0.25, -0.2) is 5.32 Å². The largest absolute Gasteiger partial charge is 0.457 e. The van der Waals surface area contributed by atoms with Gasteiger partial charge in [0.15, 0.2) is 5.78 Å². The molecule has 1 aromatic carbocycles. The van der Waals surface area contributed by atoms with Gasteiger partial charge in [0.2, 0.25) is 0 Å². The maximum Gasteiger partial charge on any atom is 0.457 e. The van der Waals surface area contributed by atoms with Crippen molar-refractivity contribution in [1.82, 2.24) is 5.32 Å². The van der Waals surface area contributed by atoms with E-state index in [2.05, 4.69) is 0 Å². The van der Waals surface area contributed by atoms with E-state index in [0.29, 0.717) is 11.1 Å². The normalized spacial score (nSPS) is 11.5. The molecule has 82 valence electrons. The number of halogens is 3. The lowest BCUT2D eigenvalue weighted by atomic mass is 10.1. The van der Waals surface area contributed by atoms with Crippen LogP contribution < -0.4 is 5.32 Å². The molecule has 0 spiro atoms. The van der Waals surface area contributed by atoms with Crippen LogP contribution in [0.5, 0.6) is 0 Å². The van der Waals surface area contributed by atoms with Crippen molar-refractivity contribution in [1.29, 1.82) is 0 Å². The summed E-state index contributed by atoms with van der Waals surface area (Å²) in [5.41, 5.74) is 0.975. The molecule has 5 heteroatoms. The van der Waals surface area contributed by atoms with Crippen molar-refractivity contribution in [3.05, 3.63) is 35.4 Å². The van der Waals surface area contributed by atoms with E-state index >= 15 is 0 Å². The van der Waals surface area contributed by atoms with Gasteiger partial charge in [-0.2, -0.15) is 13.2 Å². The molecule has 0 aliphatic rings. The van der Waals surface area contributed by atoms with Crippen LogP contribution in [0.25, 0.3) is 0 Å². The third kappa shape index (κ3) is 4.12. The average Bonchev–Trinajstić information content (AvgIpc) is 2.14. The molecular weight excluding hydrogens is 207 g/mol. The highest BCUT2D eigenvalue weighted by molar-refractivity contribution is 5.93. The van der Waals surface area contributed by atoms with Crippen LogP contribution in [-0.2, 0) is 6.54 Å². The van der Waals surface area contributed by atoms with Gasteiger partial charge in [0.05, 0.1) is 0 Å². The number of Topliss-reactive ketones (excluding diaryl/α,β-unsaturated/α-hetero) is 1. The minimum atomic E-state index is -4.38. The summed E-state index contributed by atoms with van der Waals surface area (Å²) in [5.74, 6) is -0.106. The van der Waals surface area contributed by atoms with Crippen molar-refractivity contribution in [2.75, 3.05) is 0 Å². The second-order valence-corrected chi connectivity index (χ2v) is 3.10. The van der Waals surface area contributed by atoms with Crippen LogP contribution >= 0.6 is 0 Å². The van der Waals surface area contributed by atoms with Gasteiger partial charge in [-0.3, -0.25) is 4.79 Å². The molecule has 2 nitrogen and oxygen atoms in total. The van der Waals surface area contributed by atoms with Crippen LogP contribution in [0.15, 0.2) is 24.3 Å². The van der Waals surface area contributed by atoms with E-state index in [1.54, 1.807) is 0 Å². The van der Waals surface area contributed by atoms with Crippen molar-refractivity contribution < 1.29 is 18.0 Å². The van der Waals surface area contributed by atoms with Gasteiger partial charge in [-0.1, -0.05) is 24.3 Å². The Labute approximate surface area is 85.1 Å². The molecule has 0 saturated carbocycles. The van der Waals surface area contributed by atoms with Gasteiger partial charge in [-0.15, -0.1) is 0 Å². The molecule has 0 aromatic heterocycles. The molecule has 0 atom stereocenters. The van der Waals surface area contributed by atoms with Crippen LogP contribution in [0.3, 0.4) is 0 Å². The molecule has 0 fully saturated rings. The number of benzene rings is 1. The van der Waals surface area contributed by atoms with Gasteiger partial charge in [0.1, 0.15) is 0 Å². The summed E-state index contributed by atoms with van der Waals surface area (Å²) in [5, 5.41) is 1.40. The molecular formula is C10H10F3NO. The number of nitrogens with one attached hydrogen (secondary N) is 1. The average molecular weight is 217 g/mol. The van der Waals surface area contributed by atoms with Crippen LogP contribution in [0.1, 0.15) is 22.8 Å². The van der Waals surface area contributed by atoms with Crippen molar-refractivity contribution in [2.24, 2.45) is 0 Å². The summed E-state index contributed by atoms with van der Waals surface area (Å²) in [6, 6.07) is 6.01. The summed E-state index contributed by atoms with van der Waals surface area (Å²) in [6.07, 6.45) is -4.38. The summed E-state index contributed by atoms with van der Waals surface area (Å²) in [4.78, 5) is 10.9. The number of alkyl halides is 3. The lowest BCUT2D eigenvalue weighted by Gasteiger charge is -2.08. The fourth-order valence-corrected chi connectivity index (χ4v) is 1.06. The number of hydrogen-bond acceptors (Lipinski definition) is 2. The van der Waals surface area contributed by atoms with E-state index in [-0.39, 0.29) is 12.3 Å². The maximum atomic E-state index is 11.8. The minimum Gasteiger partial charge on any atom is -0.295 e. The molecule has 15 heavy (non-hydrogen) atoms. The Kier molecular flexibility index (Phi) is 3.47. The predicted octanol–water partition coefficient (Wildman–Crippen LogP) is 2.50. The predicted molar refractivity (Wildman–Crippen MR) is 49.3 cm³/mol. The van der Waals surface area contributed by atoms with Gasteiger partial charge in [-0.05, 0) is 12.5 Å². The van der Waals surface area contributed by atoms with Crippen molar-refractivity contribution >= 4 is 5.78 Å². The zero-order chi connectivity index (χ0) is 11.5. The maximum absolute atomic E-state index is 11.8. The van der Waals surface area contributed by atoms with Gasteiger partial charge in [0.25, 0.3) is 0 Å². The van der Waals surface area contributed by atoms with Crippen molar-refractivity contribution in [3.8, 4) is 0 Å². The Morgan fingerprint density at radius 1 is 1.27 bits per heavy atom. The molecule has 0 unspecified atom stereocenters.